The normalized spacial score (nSPS) is 21.1. The Labute approximate surface area is 198 Å². The third-order valence-corrected chi connectivity index (χ3v) is 4.46. The van der Waals surface area contributed by atoms with E-state index in [2.05, 4.69) is 20.9 Å². The lowest BCUT2D eigenvalue weighted by molar-refractivity contribution is -0.123. The van der Waals surface area contributed by atoms with Crippen LogP contribution in [0.25, 0.3) is 0 Å². The van der Waals surface area contributed by atoms with Crippen molar-refractivity contribution < 1.29 is 19.1 Å². The molecule has 2 amide bonds. The molecule has 1 heterocycles. The highest BCUT2D eigenvalue weighted by Gasteiger charge is 2.49. The van der Waals surface area contributed by atoms with Gasteiger partial charge in [-0.2, -0.15) is 0 Å². The first kappa shape index (κ1) is 28.7. The molecule has 1 rings (SSSR count). The third kappa shape index (κ3) is 8.83. The predicted octanol–water partition coefficient (Wildman–Crippen LogP) is 2.30. The molecule has 0 spiro atoms. The van der Waals surface area contributed by atoms with E-state index in [0.29, 0.717) is 25.6 Å². The van der Waals surface area contributed by atoms with Crippen LogP contribution in [0.5, 0.6) is 0 Å². The van der Waals surface area contributed by atoms with Crippen LogP contribution in [-0.4, -0.2) is 73.0 Å². The molecule has 1 fully saturated rings. The maximum Gasteiger partial charge on any atom is 0.412 e. The molecule has 0 aromatic carbocycles. The molecule has 10 heteroatoms. The summed E-state index contributed by atoms with van der Waals surface area (Å²) in [6.45, 7) is 16.4. The summed E-state index contributed by atoms with van der Waals surface area (Å²) in [5, 5.41) is 9.24. The van der Waals surface area contributed by atoms with Gasteiger partial charge >= 0.3 is 6.09 Å². The van der Waals surface area contributed by atoms with E-state index in [1.807, 2.05) is 55.4 Å². The predicted molar refractivity (Wildman–Crippen MR) is 129 cm³/mol. The second kappa shape index (κ2) is 11.9. The van der Waals surface area contributed by atoms with Crippen molar-refractivity contribution in [1.82, 2.24) is 20.9 Å². The van der Waals surface area contributed by atoms with Crippen molar-refractivity contribution in [2.24, 2.45) is 10.9 Å². The van der Waals surface area contributed by atoms with Gasteiger partial charge in [0, 0.05) is 32.6 Å². The van der Waals surface area contributed by atoms with Crippen LogP contribution in [0, 0.1) is 5.92 Å². The van der Waals surface area contributed by atoms with Gasteiger partial charge in [-0.1, -0.05) is 13.8 Å². The third-order valence-electron chi connectivity index (χ3n) is 4.46. The highest BCUT2D eigenvalue weighted by Crippen LogP contribution is 2.33. The second-order valence-electron chi connectivity index (χ2n) is 9.01. The Kier molecular flexibility index (Phi) is 11.4. The number of halogens is 1. The maximum atomic E-state index is 12.8. The fraction of sp³-hybridized carbons (Fsp3) is 0.850. The molecule has 1 aliphatic rings. The molecule has 0 aliphatic carbocycles. The molecule has 1 aliphatic heterocycles. The molecule has 9 nitrogen and oxygen atoms in total. The van der Waals surface area contributed by atoms with Crippen LogP contribution in [0.4, 0.5) is 4.79 Å². The molecule has 2 unspecified atom stereocenters. The van der Waals surface area contributed by atoms with Crippen molar-refractivity contribution in [3.8, 4) is 0 Å². The van der Waals surface area contributed by atoms with E-state index >= 15 is 0 Å². The molecule has 2 atom stereocenters. The summed E-state index contributed by atoms with van der Waals surface area (Å²) in [4.78, 5) is 30.2. The zero-order valence-electron chi connectivity index (χ0n) is 19.8. The quantitative estimate of drug-likeness (QED) is 0.206. The summed E-state index contributed by atoms with van der Waals surface area (Å²) in [5.41, 5.74) is -1.36. The van der Waals surface area contributed by atoms with Crippen LogP contribution >= 0.6 is 24.0 Å². The van der Waals surface area contributed by atoms with Crippen molar-refractivity contribution in [2.45, 2.75) is 78.9 Å². The standard InChI is InChI=1S/C20H39N5O4.HI/c1-13(2)16(26)22-10-11-23-17(21-9)24-12-15-14(3)28-20(7,8)25(15)18(27)29-19(4,5)6;/h13-15H,10-12H2,1-9H3,(H,22,26)(H2,21,23,24);1H. The van der Waals surface area contributed by atoms with E-state index in [1.165, 1.54) is 0 Å². The number of ether oxygens (including phenoxy) is 2. The van der Waals surface area contributed by atoms with Gasteiger partial charge in [0.15, 0.2) is 5.96 Å². The fourth-order valence-corrected chi connectivity index (χ4v) is 3.12. The van der Waals surface area contributed by atoms with Gasteiger partial charge < -0.3 is 25.4 Å². The number of nitrogens with one attached hydrogen (secondary N) is 3. The van der Waals surface area contributed by atoms with Crippen LogP contribution in [0.3, 0.4) is 0 Å². The number of amides is 2. The van der Waals surface area contributed by atoms with Crippen molar-refractivity contribution in [1.29, 1.82) is 0 Å². The van der Waals surface area contributed by atoms with E-state index < -0.39 is 17.4 Å². The molecule has 3 N–H and O–H groups in total. The molecule has 176 valence electrons. The van der Waals surface area contributed by atoms with E-state index in [4.69, 9.17) is 9.47 Å². The molecule has 1 saturated heterocycles. The molecule has 0 bridgehead atoms. The maximum absolute atomic E-state index is 12.8. The SMILES string of the molecule is CN=C(NCCNC(=O)C(C)C)NCC1C(C)OC(C)(C)N1C(=O)OC(C)(C)C.I. The highest BCUT2D eigenvalue weighted by molar-refractivity contribution is 14.0. The average molecular weight is 541 g/mol. The van der Waals surface area contributed by atoms with Gasteiger partial charge in [-0.05, 0) is 41.5 Å². The van der Waals surface area contributed by atoms with Crippen LogP contribution in [0.2, 0.25) is 0 Å². The van der Waals surface area contributed by atoms with Crippen molar-refractivity contribution >= 4 is 41.9 Å². The van der Waals surface area contributed by atoms with Gasteiger partial charge in [0.25, 0.3) is 0 Å². The Morgan fingerprint density at radius 3 is 2.23 bits per heavy atom. The Morgan fingerprint density at radius 1 is 1.17 bits per heavy atom. The number of aliphatic imine (C=N–C) groups is 1. The Hall–Kier alpha value is -1.30. The number of rotatable bonds is 6. The van der Waals surface area contributed by atoms with E-state index in [0.717, 1.165) is 0 Å². The van der Waals surface area contributed by atoms with Gasteiger partial charge in [0.2, 0.25) is 5.91 Å². The lowest BCUT2D eigenvalue weighted by Crippen LogP contribution is -2.54. The van der Waals surface area contributed by atoms with E-state index in [9.17, 15) is 9.59 Å². The minimum absolute atomic E-state index is 0. The Morgan fingerprint density at radius 2 is 1.73 bits per heavy atom. The number of hydrogen-bond acceptors (Lipinski definition) is 5. The van der Waals surface area contributed by atoms with Gasteiger partial charge in [0.1, 0.15) is 11.3 Å². The molecule has 0 radical (unpaired) electrons. The van der Waals surface area contributed by atoms with Gasteiger partial charge in [0.05, 0.1) is 12.1 Å². The first-order valence-electron chi connectivity index (χ1n) is 10.2. The van der Waals surface area contributed by atoms with Crippen LogP contribution in [-0.2, 0) is 14.3 Å². The number of carbonyl (C=O) groups is 2. The first-order chi connectivity index (χ1) is 13.3. The lowest BCUT2D eigenvalue weighted by Gasteiger charge is -2.35. The summed E-state index contributed by atoms with van der Waals surface area (Å²) in [7, 11) is 1.67. The topological polar surface area (TPSA) is 104 Å². The van der Waals surface area contributed by atoms with Gasteiger partial charge in [-0.3, -0.25) is 14.7 Å². The Balaban J connectivity index is 0.00000841. The molecular formula is C20H40IN5O4. The zero-order valence-corrected chi connectivity index (χ0v) is 22.1. The zero-order chi connectivity index (χ0) is 22.4. The number of nitrogens with zero attached hydrogens (tertiary/aromatic N) is 2. The van der Waals surface area contributed by atoms with E-state index in [1.54, 1.807) is 11.9 Å². The monoisotopic (exact) mass is 541 g/mol. The number of hydrogen-bond donors (Lipinski definition) is 3. The van der Waals surface area contributed by atoms with Crippen molar-refractivity contribution in [3.05, 3.63) is 0 Å². The molecule has 30 heavy (non-hydrogen) atoms. The van der Waals surface area contributed by atoms with E-state index in [-0.39, 0.29) is 47.9 Å². The van der Waals surface area contributed by atoms with Crippen molar-refractivity contribution in [3.63, 3.8) is 0 Å². The fourth-order valence-electron chi connectivity index (χ4n) is 3.12. The summed E-state index contributed by atoms with van der Waals surface area (Å²) in [6.07, 6.45) is -0.577. The van der Waals surface area contributed by atoms with Crippen molar-refractivity contribution in [2.75, 3.05) is 26.7 Å². The number of carbonyl (C=O) groups excluding carboxylic acids is 2. The Bertz CT molecular complexity index is 604. The largest absolute Gasteiger partial charge is 0.444 e. The second-order valence-corrected chi connectivity index (χ2v) is 9.01. The lowest BCUT2D eigenvalue weighted by atomic mass is 10.1. The van der Waals surface area contributed by atoms with Crippen LogP contribution in [0.1, 0.15) is 55.4 Å². The summed E-state index contributed by atoms with van der Waals surface area (Å²) < 4.78 is 11.6. The van der Waals surface area contributed by atoms with Gasteiger partial charge in [-0.15, -0.1) is 24.0 Å². The summed E-state index contributed by atoms with van der Waals surface area (Å²) >= 11 is 0. The summed E-state index contributed by atoms with van der Waals surface area (Å²) in [5.74, 6) is 0.560. The first-order valence-corrected chi connectivity index (χ1v) is 10.2. The highest BCUT2D eigenvalue weighted by atomic mass is 127. The smallest absolute Gasteiger partial charge is 0.412 e. The minimum Gasteiger partial charge on any atom is -0.444 e. The molecule has 0 saturated carbocycles. The minimum atomic E-state index is -0.772. The molecular weight excluding hydrogens is 501 g/mol. The van der Waals surface area contributed by atoms with Crippen LogP contribution < -0.4 is 16.0 Å². The average Bonchev–Trinajstić information content (AvgIpc) is 2.80. The van der Waals surface area contributed by atoms with Crippen LogP contribution in [0.15, 0.2) is 4.99 Å². The number of guanidine groups is 1. The molecule has 0 aromatic heterocycles. The molecule has 0 aromatic rings. The van der Waals surface area contributed by atoms with Gasteiger partial charge in [-0.25, -0.2) is 4.79 Å². The summed E-state index contributed by atoms with van der Waals surface area (Å²) in [6, 6.07) is -0.223.